The standard InChI is InChI=1S/C18H18ClF2N3O5S/c1-24(2)30(26,27)23-17(25)12-6-15(21)16(7-14(12)20)29-11-5-13(19)18(22-8-11)28-9-10-3-4-10/h5-8,10H,3-4,9H2,1-2H3,(H,23,25). The number of ether oxygens (including phenoxy) is 2. The molecular weight excluding hydrogens is 444 g/mol. The molecule has 12 heteroatoms. The summed E-state index contributed by atoms with van der Waals surface area (Å²) in [4.78, 5) is 16.0. The summed E-state index contributed by atoms with van der Waals surface area (Å²) < 4.78 is 65.1. The van der Waals surface area contributed by atoms with Crippen LogP contribution in [-0.2, 0) is 10.2 Å². The molecule has 1 aliphatic rings. The van der Waals surface area contributed by atoms with Gasteiger partial charge in [-0.3, -0.25) is 4.79 Å². The quantitative estimate of drug-likeness (QED) is 0.648. The Kier molecular flexibility index (Phi) is 6.44. The van der Waals surface area contributed by atoms with Crippen LogP contribution in [0.2, 0.25) is 5.02 Å². The fourth-order valence-electron chi connectivity index (χ4n) is 2.22. The molecule has 1 aromatic heterocycles. The van der Waals surface area contributed by atoms with Crippen LogP contribution in [0.3, 0.4) is 0 Å². The molecule has 0 saturated heterocycles. The summed E-state index contributed by atoms with van der Waals surface area (Å²) in [7, 11) is -1.83. The first-order valence-electron chi connectivity index (χ1n) is 8.76. The van der Waals surface area contributed by atoms with E-state index >= 15 is 0 Å². The van der Waals surface area contributed by atoms with E-state index in [2.05, 4.69) is 4.98 Å². The molecule has 162 valence electrons. The van der Waals surface area contributed by atoms with Crippen LogP contribution in [0.4, 0.5) is 8.78 Å². The Morgan fingerprint density at radius 2 is 1.97 bits per heavy atom. The third kappa shape index (κ3) is 5.35. The van der Waals surface area contributed by atoms with Crippen molar-refractivity contribution in [3.05, 3.63) is 46.6 Å². The van der Waals surface area contributed by atoms with Gasteiger partial charge in [0.2, 0.25) is 5.88 Å². The zero-order chi connectivity index (χ0) is 22.1. The fraction of sp³-hybridized carbons (Fsp3) is 0.333. The molecule has 0 spiro atoms. The highest BCUT2D eigenvalue weighted by Gasteiger charge is 2.24. The molecule has 1 amide bonds. The zero-order valence-corrected chi connectivity index (χ0v) is 17.6. The lowest BCUT2D eigenvalue weighted by molar-refractivity contribution is 0.0975. The van der Waals surface area contributed by atoms with E-state index in [1.807, 2.05) is 0 Å². The Bertz CT molecular complexity index is 1080. The topological polar surface area (TPSA) is 97.8 Å². The van der Waals surface area contributed by atoms with E-state index in [1.165, 1.54) is 26.4 Å². The minimum absolute atomic E-state index is 0.0180. The number of hydrogen-bond acceptors (Lipinski definition) is 6. The highest BCUT2D eigenvalue weighted by Crippen LogP contribution is 2.33. The molecule has 0 radical (unpaired) electrons. The summed E-state index contributed by atoms with van der Waals surface area (Å²) in [6.45, 7) is 0.500. The van der Waals surface area contributed by atoms with Crippen LogP contribution in [0.15, 0.2) is 24.4 Å². The van der Waals surface area contributed by atoms with Gasteiger partial charge >= 0.3 is 10.2 Å². The van der Waals surface area contributed by atoms with Crippen molar-refractivity contribution in [3.63, 3.8) is 0 Å². The maximum absolute atomic E-state index is 14.4. The first kappa shape index (κ1) is 22.2. The number of nitrogens with one attached hydrogen (secondary N) is 1. The second-order valence-corrected chi connectivity index (χ2v) is 9.09. The van der Waals surface area contributed by atoms with Crippen molar-refractivity contribution in [2.75, 3.05) is 20.7 Å². The number of carbonyl (C=O) groups is 1. The number of carbonyl (C=O) groups excluding carboxylic acids is 1. The molecule has 1 N–H and O–H groups in total. The monoisotopic (exact) mass is 461 g/mol. The van der Waals surface area contributed by atoms with Crippen LogP contribution < -0.4 is 14.2 Å². The van der Waals surface area contributed by atoms with Crippen LogP contribution in [0, 0.1) is 17.6 Å². The number of hydrogen-bond donors (Lipinski definition) is 1. The molecule has 1 saturated carbocycles. The number of amides is 1. The Balaban J connectivity index is 1.75. The van der Waals surface area contributed by atoms with Crippen LogP contribution in [0.1, 0.15) is 23.2 Å². The summed E-state index contributed by atoms with van der Waals surface area (Å²) >= 11 is 6.08. The lowest BCUT2D eigenvalue weighted by Gasteiger charge is -2.13. The Morgan fingerprint density at radius 3 is 2.57 bits per heavy atom. The minimum Gasteiger partial charge on any atom is -0.476 e. The molecule has 0 aliphatic heterocycles. The largest absolute Gasteiger partial charge is 0.476 e. The van der Waals surface area contributed by atoms with E-state index in [0.29, 0.717) is 29.0 Å². The van der Waals surface area contributed by atoms with Crippen LogP contribution in [0.5, 0.6) is 17.4 Å². The van der Waals surface area contributed by atoms with Gasteiger partial charge in [0.15, 0.2) is 11.6 Å². The van der Waals surface area contributed by atoms with Crippen molar-refractivity contribution in [2.24, 2.45) is 5.92 Å². The van der Waals surface area contributed by atoms with Crippen molar-refractivity contribution >= 4 is 27.7 Å². The number of rotatable bonds is 8. The summed E-state index contributed by atoms with van der Waals surface area (Å²) in [5.41, 5.74) is -0.801. The van der Waals surface area contributed by atoms with Gasteiger partial charge in [-0.1, -0.05) is 11.6 Å². The van der Waals surface area contributed by atoms with Gasteiger partial charge in [0, 0.05) is 26.2 Å². The number of aromatic nitrogens is 1. The lowest BCUT2D eigenvalue weighted by atomic mass is 10.2. The molecule has 3 rings (SSSR count). The molecule has 1 aliphatic carbocycles. The number of benzene rings is 1. The molecule has 1 fully saturated rings. The maximum atomic E-state index is 14.4. The normalized spacial score (nSPS) is 13.9. The van der Waals surface area contributed by atoms with E-state index in [0.717, 1.165) is 12.8 Å². The Labute approximate surface area is 176 Å². The number of pyridine rings is 1. The van der Waals surface area contributed by atoms with Crippen molar-refractivity contribution in [2.45, 2.75) is 12.8 Å². The summed E-state index contributed by atoms with van der Waals surface area (Å²) in [5.74, 6) is -3.41. The van der Waals surface area contributed by atoms with Gasteiger partial charge in [-0.2, -0.15) is 12.7 Å². The first-order chi connectivity index (χ1) is 14.1. The second-order valence-electron chi connectivity index (χ2n) is 6.80. The summed E-state index contributed by atoms with van der Waals surface area (Å²) in [5, 5.41) is 0.138. The van der Waals surface area contributed by atoms with Gasteiger partial charge in [-0.05, 0) is 24.8 Å². The molecule has 0 unspecified atom stereocenters. The average Bonchev–Trinajstić information content (AvgIpc) is 3.47. The van der Waals surface area contributed by atoms with Gasteiger partial charge in [0.1, 0.15) is 16.6 Å². The van der Waals surface area contributed by atoms with Gasteiger partial charge in [0.25, 0.3) is 5.91 Å². The number of nitrogens with zero attached hydrogens (tertiary/aromatic N) is 2. The van der Waals surface area contributed by atoms with Crippen LogP contribution in [-0.4, -0.2) is 44.3 Å². The van der Waals surface area contributed by atoms with Gasteiger partial charge in [0.05, 0.1) is 18.4 Å². The molecule has 30 heavy (non-hydrogen) atoms. The highest BCUT2D eigenvalue weighted by atomic mass is 35.5. The zero-order valence-electron chi connectivity index (χ0n) is 16.0. The van der Waals surface area contributed by atoms with Crippen LogP contribution >= 0.6 is 11.6 Å². The molecular formula is C18H18ClF2N3O5S. The minimum atomic E-state index is -4.17. The second kappa shape index (κ2) is 8.70. The third-order valence-corrected chi connectivity index (χ3v) is 5.81. The van der Waals surface area contributed by atoms with Crippen molar-refractivity contribution in [3.8, 4) is 17.4 Å². The van der Waals surface area contributed by atoms with Crippen molar-refractivity contribution < 1.29 is 31.5 Å². The van der Waals surface area contributed by atoms with Crippen LogP contribution in [0.25, 0.3) is 0 Å². The third-order valence-electron chi connectivity index (χ3n) is 4.13. The fourth-order valence-corrected chi connectivity index (χ4v) is 2.96. The lowest BCUT2D eigenvalue weighted by Crippen LogP contribution is -2.39. The highest BCUT2D eigenvalue weighted by molar-refractivity contribution is 7.87. The predicted molar refractivity (Wildman–Crippen MR) is 104 cm³/mol. The molecule has 1 heterocycles. The molecule has 0 atom stereocenters. The molecule has 1 aromatic carbocycles. The number of halogens is 3. The summed E-state index contributed by atoms with van der Waals surface area (Å²) in [6.07, 6.45) is 3.42. The first-order valence-corrected chi connectivity index (χ1v) is 10.6. The summed E-state index contributed by atoms with van der Waals surface area (Å²) in [6, 6.07) is 2.49. The maximum Gasteiger partial charge on any atom is 0.303 e. The Morgan fingerprint density at radius 1 is 1.27 bits per heavy atom. The molecule has 2 aromatic rings. The molecule has 0 bridgehead atoms. The van der Waals surface area contributed by atoms with Crippen molar-refractivity contribution in [1.82, 2.24) is 14.0 Å². The van der Waals surface area contributed by atoms with E-state index in [4.69, 9.17) is 21.1 Å². The van der Waals surface area contributed by atoms with E-state index in [1.54, 1.807) is 4.72 Å². The van der Waals surface area contributed by atoms with E-state index < -0.39 is 39.1 Å². The van der Waals surface area contributed by atoms with Gasteiger partial charge in [-0.25, -0.2) is 18.5 Å². The Hall–Kier alpha value is -2.50. The van der Waals surface area contributed by atoms with E-state index in [9.17, 15) is 22.0 Å². The SMILES string of the molecule is CN(C)S(=O)(=O)NC(=O)c1cc(F)c(Oc2cnc(OCC3CC3)c(Cl)c2)cc1F. The average molecular weight is 462 g/mol. The smallest absolute Gasteiger partial charge is 0.303 e. The predicted octanol–water partition coefficient (Wildman–Crippen LogP) is 3.13. The van der Waals surface area contributed by atoms with E-state index in [-0.39, 0.29) is 16.7 Å². The van der Waals surface area contributed by atoms with Crippen molar-refractivity contribution in [1.29, 1.82) is 0 Å². The molecule has 8 nitrogen and oxygen atoms in total. The van der Waals surface area contributed by atoms with Gasteiger partial charge < -0.3 is 9.47 Å². The van der Waals surface area contributed by atoms with Gasteiger partial charge in [-0.15, -0.1) is 0 Å².